The fourth-order valence-electron chi connectivity index (χ4n) is 3.88. The van der Waals surface area contributed by atoms with Gasteiger partial charge in [-0.15, -0.1) is 0 Å². The summed E-state index contributed by atoms with van der Waals surface area (Å²) >= 11 is 0. The molecule has 1 aromatic rings. The second kappa shape index (κ2) is 8.00. The van der Waals surface area contributed by atoms with E-state index < -0.39 is 5.60 Å². The number of amides is 2. The van der Waals surface area contributed by atoms with Crippen LogP contribution >= 0.6 is 0 Å². The molecule has 1 aliphatic heterocycles. The predicted octanol–water partition coefficient (Wildman–Crippen LogP) is 2.51. The first-order valence-corrected chi connectivity index (χ1v) is 9.39. The quantitative estimate of drug-likeness (QED) is 0.833. The molecule has 2 N–H and O–H groups in total. The Balaban J connectivity index is 1.50. The van der Waals surface area contributed by atoms with E-state index in [0.29, 0.717) is 19.5 Å². The lowest BCUT2D eigenvalue weighted by Gasteiger charge is -2.31. The number of hydrogen-bond donors (Lipinski definition) is 2. The van der Waals surface area contributed by atoms with Crippen LogP contribution in [0.15, 0.2) is 24.3 Å². The van der Waals surface area contributed by atoms with Gasteiger partial charge in [0.05, 0.1) is 12.0 Å². The van der Waals surface area contributed by atoms with Gasteiger partial charge in [0.1, 0.15) is 0 Å². The van der Waals surface area contributed by atoms with Crippen molar-refractivity contribution < 1.29 is 14.7 Å². The average molecular weight is 344 g/mol. The van der Waals surface area contributed by atoms with Crippen LogP contribution in [0.4, 0.5) is 0 Å². The van der Waals surface area contributed by atoms with Crippen LogP contribution in [-0.2, 0) is 22.7 Å². The molecule has 0 atom stereocenters. The molecule has 0 radical (unpaired) electrons. The molecule has 5 nitrogen and oxygen atoms in total. The van der Waals surface area contributed by atoms with Crippen molar-refractivity contribution in [1.29, 1.82) is 0 Å². The molecule has 1 aromatic carbocycles. The third kappa shape index (κ3) is 5.05. The van der Waals surface area contributed by atoms with Crippen molar-refractivity contribution in [3.63, 3.8) is 0 Å². The van der Waals surface area contributed by atoms with Crippen molar-refractivity contribution in [3.8, 4) is 0 Å². The van der Waals surface area contributed by atoms with Gasteiger partial charge in [0, 0.05) is 26.1 Å². The van der Waals surface area contributed by atoms with E-state index in [0.717, 1.165) is 56.2 Å². The van der Waals surface area contributed by atoms with Gasteiger partial charge in [-0.2, -0.15) is 0 Å². The zero-order valence-corrected chi connectivity index (χ0v) is 14.8. The molecule has 0 aromatic heterocycles. The van der Waals surface area contributed by atoms with Crippen LogP contribution in [0.5, 0.6) is 0 Å². The molecular weight excluding hydrogens is 316 g/mol. The molecule has 0 bridgehead atoms. The number of nitrogens with one attached hydrogen (secondary N) is 1. The Morgan fingerprint density at radius 3 is 2.64 bits per heavy atom. The lowest BCUT2D eigenvalue weighted by molar-refractivity contribution is -0.128. The Labute approximate surface area is 149 Å². The van der Waals surface area contributed by atoms with Crippen LogP contribution < -0.4 is 5.32 Å². The average Bonchev–Trinajstić information content (AvgIpc) is 2.98. The zero-order chi connectivity index (χ0) is 17.7. The van der Waals surface area contributed by atoms with E-state index in [1.165, 1.54) is 0 Å². The van der Waals surface area contributed by atoms with Gasteiger partial charge in [-0.3, -0.25) is 9.59 Å². The topological polar surface area (TPSA) is 69.6 Å². The van der Waals surface area contributed by atoms with Crippen LogP contribution in [0.2, 0.25) is 0 Å². The SMILES string of the molecule is O=C(CC1(O)CCCCC1)NCc1cccc(CN2CCCC2=O)c1. The molecule has 3 rings (SSSR count). The first-order valence-electron chi connectivity index (χ1n) is 9.39. The maximum Gasteiger partial charge on any atom is 0.223 e. The molecular formula is C20H28N2O3. The third-order valence-corrected chi connectivity index (χ3v) is 5.30. The maximum atomic E-state index is 12.2. The summed E-state index contributed by atoms with van der Waals surface area (Å²) in [5.41, 5.74) is 1.29. The summed E-state index contributed by atoms with van der Waals surface area (Å²) in [6.07, 6.45) is 6.38. The van der Waals surface area contributed by atoms with Gasteiger partial charge in [0.2, 0.25) is 11.8 Å². The number of carbonyl (C=O) groups is 2. The van der Waals surface area contributed by atoms with Crippen molar-refractivity contribution in [2.24, 2.45) is 0 Å². The van der Waals surface area contributed by atoms with E-state index in [1.54, 1.807) is 0 Å². The molecule has 0 unspecified atom stereocenters. The molecule has 0 spiro atoms. The van der Waals surface area contributed by atoms with E-state index in [2.05, 4.69) is 5.32 Å². The number of rotatable bonds is 6. The highest BCUT2D eigenvalue weighted by Crippen LogP contribution is 2.30. The second-order valence-electron chi connectivity index (χ2n) is 7.48. The van der Waals surface area contributed by atoms with Gasteiger partial charge in [0.15, 0.2) is 0 Å². The van der Waals surface area contributed by atoms with Crippen LogP contribution in [0, 0.1) is 0 Å². The summed E-state index contributed by atoms with van der Waals surface area (Å²) in [4.78, 5) is 25.8. The van der Waals surface area contributed by atoms with Crippen LogP contribution in [0.25, 0.3) is 0 Å². The minimum atomic E-state index is -0.819. The molecule has 1 saturated carbocycles. The smallest absolute Gasteiger partial charge is 0.223 e. The van der Waals surface area contributed by atoms with Gasteiger partial charge >= 0.3 is 0 Å². The predicted molar refractivity (Wildman–Crippen MR) is 95.6 cm³/mol. The first-order chi connectivity index (χ1) is 12.0. The van der Waals surface area contributed by atoms with Crippen LogP contribution in [0.1, 0.15) is 62.5 Å². The van der Waals surface area contributed by atoms with E-state index in [-0.39, 0.29) is 18.2 Å². The highest BCUT2D eigenvalue weighted by Gasteiger charge is 2.31. The van der Waals surface area contributed by atoms with Gasteiger partial charge in [0.25, 0.3) is 0 Å². The molecule has 1 aliphatic carbocycles. The van der Waals surface area contributed by atoms with E-state index >= 15 is 0 Å². The fourth-order valence-corrected chi connectivity index (χ4v) is 3.88. The van der Waals surface area contributed by atoms with Gasteiger partial charge in [-0.1, -0.05) is 43.5 Å². The van der Waals surface area contributed by atoms with Gasteiger partial charge in [-0.05, 0) is 30.4 Å². The summed E-state index contributed by atoms with van der Waals surface area (Å²) in [5.74, 6) is 0.129. The normalized spacial score (nSPS) is 19.9. The summed E-state index contributed by atoms with van der Waals surface area (Å²) in [5, 5.41) is 13.4. The number of carbonyl (C=O) groups excluding carboxylic acids is 2. The lowest BCUT2D eigenvalue weighted by atomic mass is 9.82. The van der Waals surface area contributed by atoms with Gasteiger partial charge < -0.3 is 15.3 Å². The Kier molecular flexibility index (Phi) is 5.74. The molecule has 2 amide bonds. The molecule has 136 valence electrons. The van der Waals surface area contributed by atoms with Crippen molar-refractivity contribution >= 4 is 11.8 Å². The van der Waals surface area contributed by atoms with Crippen LogP contribution in [0.3, 0.4) is 0 Å². The molecule has 5 heteroatoms. The Hall–Kier alpha value is -1.88. The summed E-state index contributed by atoms with van der Waals surface area (Å²) < 4.78 is 0. The Morgan fingerprint density at radius 2 is 1.92 bits per heavy atom. The summed E-state index contributed by atoms with van der Waals surface area (Å²) in [6, 6.07) is 8.00. The monoisotopic (exact) mass is 344 g/mol. The largest absolute Gasteiger partial charge is 0.389 e. The lowest BCUT2D eigenvalue weighted by Crippen LogP contribution is -2.38. The first kappa shape index (κ1) is 17.9. The van der Waals surface area contributed by atoms with Crippen molar-refractivity contribution in [2.75, 3.05) is 6.54 Å². The van der Waals surface area contributed by atoms with Crippen molar-refractivity contribution in [1.82, 2.24) is 10.2 Å². The number of benzene rings is 1. The maximum absolute atomic E-state index is 12.2. The molecule has 1 heterocycles. The van der Waals surface area contributed by atoms with E-state index in [9.17, 15) is 14.7 Å². The van der Waals surface area contributed by atoms with E-state index in [4.69, 9.17) is 0 Å². The molecule has 25 heavy (non-hydrogen) atoms. The highest BCUT2D eigenvalue weighted by atomic mass is 16.3. The minimum absolute atomic E-state index is 0.0930. The number of hydrogen-bond acceptors (Lipinski definition) is 3. The number of aliphatic hydroxyl groups is 1. The third-order valence-electron chi connectivity index (χ3n) is 5.30. The standard InChI is InChI=1S/C20H28N2O3/c23-18(13-20(25)9-2-1-3-10-20)21-14-16-6-4-7-17(12-16)15-22-11-5-8-19(22)24/h4,6-7,12,25H,1-3,5,8-11,13-15H2,(H,21,23). The summed E-state index contributed by atoms with van der Waals surface area (Å²) in [7, 11) is 0. The zero-order valence-electron chi connectivity index (χ0n) is 14.8. The highest BCUT2D eigenvalue weighted by molar-refractivity contribution is 5.78. The molecule has 2 fully saturated rings. The van der Waals surface area contributed by atoms with Gasteiger partial charge in [-0.25, -0.2) is 0 Å². The Morgan fingerprint density at radius 1 is 1.16 bits per heavy atom. The Bertz CT molecular complexity index is 623. The van der Waals surface area contributed by atoms with Crippen LogP contribution in [-0.4, -0.2) is 34.0 Å². The molecule has 2 aliphatic rings. The second-order valence-corrected chi connectivity index (χ2v) is 7.48. The molecule has 1 saturated heterocycles. The fraction of sp³-hybridized carbons (Fsp3) is 0.600. The summed E-state index contributed by atoms with van der Waals surface area (Å²) in [6.45, 7) is 1.93. The van der Waals surface area contributed by atoms with Crippen molar-refractivity contribution in [3.05, 3.63) is 35.4 Å². The number of nitrogens with zero attached hydrogens (tertiary/aromatic N) is 1. The number of likely N-dealkylation sites (tertiary alicyclic amines) is 1. The van der Waals surface area contributed by atoms with Crippen molar-refractivity contribution in [2.45, 2.75) is 70.1 Å². The minimum Gasteiger partial charge on any atom is -0.389 e. The van der Waals surface area contributed by atoms with E-state index in [1.807, 2.05) is 29.2 Å².